The summed E-state index contributed by atoms with van der Waals surface area (Å²) in [5.41, 5.74) is -1.73. The molecule has 2 N–H and O–H groups in total. The number of benzene rings is 2. The second-order valence-electron chi connectivity index (χ2n) is 6.93. The summed E-state index contributed by atoms with van der Waals surface area (Å²) in [6.07, 6.45) is 3.87. The highest BCUT2D eigenvalue weighted by Gasteiger charge is 2.25. The summed E-state index contributed by atoms with van der Waals surface area (Å²) in [5, 5.41) is 10.1. The lowest BCUT2D eigenvalue weighted by Crippen LogP contribution is -2.33. The van der Waals surface area contributed by atoms with Crippen LogP contribution in [0.5, 0.6) is 0 Å². The van der Waals surface area contributed by atoms with Crippen LogP contribution in [-0.2, 0) is 16.4 Å². The molecule has 30 heavy (non-hydrogen) atoms. The predicted octanol–water partition coefficient (Wildman–Crippen LogP) is 3.17. The molecule has 0 spiro atoms. The van der Waals surface area contributed by atoms with E-state index in [9.17, 15) is 23.2 Å². The van der Waals surface area contributed by atoms with E-state index >= 15 is 0 Å². The largest absolute Gasteiger partial charge is 0.421 e. The van der Waals surface area contributed by atoms with E-state index in [-0.39, 0.29) is 30.4 Å². The van der Waals surface area contributed by atoms with Gasteiger partial charge < -0.3 is 14.8 Å². The molecule has 8 nitrogen and oxygen atoms in total. The fourth-order valence-corrected chi connectivity index (χ4v) is 5.13. The van der Waals surface area contributed by atoms with Crippen molar-refractivity contribution in [2.24, 2.45) is 0 Å². The molecule has 0 saturated heterocycles. The van der Waals surface area contributed by atoms with E-state index in [1.54, 1.807) is 12.1 Å². The van der Waals surface area contributed by atoms with Crippen LogP contribution in [0.1, 0.15) is 19.8 Å². The maximum atomic E-state index is 13.4. The zero-order valence-electron chi connectivity index (χ0n) is 15.9. The Morgan fingerprint density at radius 3 is 2.63 bits per heavy atom. The monoisotopic (exact) mass is 447 g/mol. The van der Waals surface area contributed by atoms with Crippen LogP contribution in [0.2, 0.25) is 5.02 Å². The third-order valence-electron chi connectivity index (χ3n) is 5.04. The number of aryl methyl sites for hydroxylation is 1. The standard InChI is InChI=1S/C20H18ClN3O5S/c1-2-3-9-23-10-8-12-4-5-13(11-15(12)23)30(28,29)16-7-6-14(21)17-18(16)22-20(26)24(27)19(17)25/h4-8,10-11,27H,2-3,9H2,1H3,(H,22,26). The van der Waals surface area contributed by atoms with Crippen LogP contribution in [0.3, 0.4) is 0 Å². The maximum absolute atomic E-state index is 13.4. The molecule has 0 fully saturated rings. The van der Waals surface area contributed by atoms with Gasteiger partial charge in [-0.05, 0) is 42.1 Å². The highest BCUT2D eigenvalue weighted by atomic mass is 35.5. The van der Waals surface area contributed by atoms with E-state index in [1.165, 1.54) is 18.2 Å². The van der Waals surface area contributed by atoms with Crippen LogP contribution in [0.25, 0.3) is 21.8 Å². The zero-order valence-corrected chi connectivity index (χ0v) is 17.5. The third kappa shape index (κ3) is 3.10. The number of hydrogen-bond donors (Lipinski definition) is 2. The Morgan fingerprint density at radius 2 is 1.90 bits per heavy atom. The Hall–Kier alpha value is -3.04. The van der Waals surface area contributed by atoms with Crippen LogP contribution in [-0.4, -0.2) is 27.9 Å². The van der Waals surface area contributed by atoms with Crippen LogP contribution in [0.15, 0.2) is 62.0 Å². The van der Waals surface area contributed by atoms with Crippen molar-refractivity contribution in [3.8, 4) is 0 Å². The maximum Gasteiger partial charge on any atom is 0.362 e. The summed E-state index contributed by atoms with van der Waals surface area (Å²) in [6.45, 7) is 2.84. The van der Waals surface area contributed by atoms with E-state index in [4.69, 9.17) is 11.6 Å². The highest BCUT2D eigenvalue weighted by Crippen LogP contribution is 2.31. The van der Waals surface area contributed by atoms with Gasteiger partial charge in [-0.2, -0.15) is 0 Å². The van der Waals surface area contributed by atoms with Crippen molar-refractivity contribution in [3.63, 3.8) is 0 Å². The van der Waals surface area contributed by atoms with Gasteiger partial charge in [-0.15, -0.1) is 0 Å². The first-order valence-corrected chi connectivity index (χ1v) is 11.1. The fraction of sp³-hybridized carbons (Fsp3) is 0.200. The van der Waals surface area contributed by atoms with Crippen molar-refractivity contribution in [3.05, 3.63) is 68.5 Å². The molecule has 0 bridgehead atoms. The number of aromatic nitrogens is 3. The first-order valence-electron chi connectivity index (χ1n) is 9.26. The SMILES string of the molecule is CCCCn1ccc2ccc(S(=O)(=O)c3ccc(Cl)c4c(=O)n(O)c(=O)[nH]c34)cc21. The second kappa shape index (κ2) is 7.33. The summed E-state index contributed by atoms with van der Waals surface area (Å²) in [4.78, 5) is 26.1. The highest BCUT2D eigenvalue weighted by molar-refractivity contribution is 7.91. The van der Waals surface area contributed by atoms with Crippen molar-refractivity contribution in [2.75, 3.05) is 0 Å². The van der Waals surface area contributed by atoms with Crippen molar-refractivity contribution in [1.82, 2.24) is 14.3 Å². The van der Waals surface area contributed by atoms with Crippen molar-refractivity contribution in [1.29, 1.82) is 0 Å². The Kier molecular flexibility index (Phi) is 4.95. The minimum absolute atomic E-state index is 0.0177. The molecule has 2 heterocycles. The molecule has 0 unspecified atom stereocenters. The molecular weight excluding hydrogens is 430 g/mol. The number of aromatic amines is 1. The van der Waals surface area contributed by atoms with Gasteiger partial charge in [0, 0.05) is 18.3 Å². The molecule has 0 aliphatic rings. The average Bonchev–Trinajstić information content (AvgIpc) is 3.12. The molecule has 0 radical (unpaired) electrons. The van der Waals surface area contributed by atoms with Crippen LogP contribution < -0.4 is 11.2 Å². The molecule has 0 aliphatic carbocycles. The Morgan fingerprint density at radius 1 is 1.13 bits per heavy atom. The first kappa shape index (κ1) is 20.2. The number of halogens is 1. The number of hydrogen-bond acceptors (Lipinski definition) is 5. The molecule has 2 aromatic heterocycles. The second-order valence-corrected chi connectivity index (χ2v) is 9.25. The molecule has 4 rings (SSSR count). The molecule has 156 valence electrons. The summed E-state index contributed by atoms with van der Waals surface area (Å²) < 4.78 is 28.7. The Labute approximate surface area is 175 Å². The van der Waals surface area contributed by atoms with Crippen LogP contribution >= 0.6 is 11.6 Å². The number of rotatable bonds is 5. The average molecular weight is 448 g/mol. The van der Waals surface area contributed by atoms with Crippen molar-refractivity contribution < 1.29 is 13.6 Å². The number of H-pyrrole nitrogens is 1. The fourth-order valence-electron chi connectivity index (χ4n) is 3.45. The Balaban J connectivity index is 1.97. The minimum Gasteiger partial charge on any atom is -0.421 e. The van der Waals surface area contributed by atoms with Gasteiger partial charge in [-0.1, -0.05) is 35.7 Å². The normalized spacial score (nSPS) is 12.1. The zero-order chi connectivity index (χ0) is 21.6. The van der Waals surface area contributed by atoms with Crippen molar-refractivity contribution >= 4 is 43.2 Å². The lowest BCUT2D eigenvalue weighted by atomic mass is 10.2. The third-order valence-corrected chi connectivity index (χ3v) is 7.15. The molecule has 0 aliphatic heterocycles. The Bertz CT molecular complexity index is 1520. The summed E-state index contributed by atoms with van der Waals surface area (Å²) in [6, 6.07) is 9.17. The first-order chi connectivity index (χ1) is 14.3. The summed E-state index contributed by atoms with van der Waals surface area (Å²) in [5.74, 6) is 0. The summed E-state index contributed by atoms with van der Waals surface area (Å²) in [7, 11) is -4.11. The topological polar surface area (TPSA) is 114 Å². The van der Waals surface area contributed by atoms with E-state index < -0.39 is 21.1 Å². The molecule has 2 aromatic carbocycles. The molecule has 0 amide bonds. The van der Waals surface area contributed by atoms with Gasteiger partial charge in [0.25, 0.3) is 5.56 Å². The van der Waals surface area contributed by atoms with E-state index in [0.29, 0.717) is 0 Å². The molecule has 10 heteroatoms. The number of nitrogens with one attached hydrogen (secondary N) is 1. The van der Waals surface area contributed by atoms with Gasteiger partial charge >= 0.3 is 5.69 Å². The van der Waals surface area contributed by atoms with Gasteiger partial charge in [0.1, 0.15) is 0 Å². The molecule has 0 saturated carbocycles. The van der Waals surface area contributed by atoms with Gasteiger partial charge in [-0.25, -0.2) is 13.2 Å². The van der Waals surface area contributed by atoms with E-state index in [2.05, 4.69) is 11.9 Å². The number of fused-ring (bicyclic) bond motifs is 2. The smallest absolute Gasteiger partial charge is 0.362 e. The quantitative estimate of drug-likeness (QED) is 0.456. The lowest BCUT2D eigenvalue weighted by Gasteiger charge is -2.11. The van der Waals surface area contributed by atoms with E-state index in [1.807, 2.05) is 16.8 Å². The minimum atomic E-state index is -4.11. The lowest BCUT2D eigenvalue weighted by molar-refractivity contribution is 0.162. The van der Waals surface area contributed by atoms with Gasteiger partial charge in [0.15, 0.2) is 0 Å². The van der Waals surface area contributed by atoms with Gasteiger partial charge in [0.2, 0.25) is 9.84 Å². The van der Waals surface area contributed by atoms with Gasteiger partial charge in [0.05, 0.1) is 25.7 Å². The number of nitrogens with zero attached hydrogens (tertiary/aromatic N) is 2. The number of sulfone groups is 1. The van der Waals surface area contributed by atoms with Crippen LogP contribution in [0, 0.1) is 0 Å². The molecule has 4 aromatic rings. The number of unbranched alkanes of at least 4 members (excludes halogenated alkanes) is 1. The summed E-state index contributed by atoms with van der Waals surface area (Å²) >= 11 is 6.04. The van der Waals surface area contributed by atoms with E-state index in [0.717, 1.165) is 30.3 Å². The predicted molar refractivity (Wildman–Crippen MR) is 113 cm³/mol. The van der Waals surface area contributed by atoms with Crippen molar-refractivity contribution in [2.45, 2.75) is 36.1 Å². The molecular formula is C20H18ClN3O5S. The van der Waals surface area contributed by atoms with Crippen LogP contribution in [0.4, 0.5) is 0 Å². The molecule has 0 atom stereocenters. The van der Waals surface area contributed by atoms with Gasteiger partial charge in [-0.3, -0.25) is 4.79 Å².